The van der Waals surface area contributed by atoms with Crippen LogP contribution in [0, 0.1) is 6.92 Å². The zero-order chi connectivity index (χ0) is 10.1. The van der Waals surface area contributed by atoms with E-state index in [1.165, 1.54) is 10.6 Å². The number of halogens is 1. The van der Waals surface area contributed by atoms with Crippen molar-refractivity contribution >= 4 is 23.7 Å². The molecule has 5 heteroatoms. The van der Waals surface area contributed by atoms with E-state index in [-0.39, 0.29) is 12.4 Å². The fourth-order valence-electron chi connectivity index (χ4n) is 1.82. The third kappa shape index (κ3) is 2.91. The van der Waals surface area contributed by atoms with Crippen molar-refractivity contribution in [1.82, 2.24) is 9.88 Å². The summed E-state index contributed by atoms with van der Waals surface area (Å²) in [5.41, 5.74) is 8.87. The highest BCUT2D eigenvalue weighted by Crippen LogP contribution is 2.25. The van der Waals surface area contributed by atoms with Crippen LogP contribution >= 0.6 is 23.7 Å². The van der Waals surface area contributed by atoms with Crippen molar-refractivity contribution in [3.63, 3.8) is 0 Å². The number of nitrogens with two attached hydrogens (primary N) is 1. The number of hydrogen-bond donors (Lipinski definition) is 1. The van der Waals surface area contributed by atoms with E-state index in [1.54, 1.807) is 11.3 Å². The van der Waals surface area contributed by atoms with Crippen LogP contribution < -0.4 is 5.73 Å². The second-order valence-electron chi connectivity index (χ2n) is 4.16. The first-order valence-electron chi connectivity index (χ1n) is 5.01. The van der Waals surface area contributed by atoms with Crippen LogP contribution in [0.15, 0.2) is 5.51 Å². The number of aromatic nitrogens is 1. The first kappa shape index (κ1) is 12.9. The molecule has 1 aromatic heterocycles. The predicted molar refractivity (Wildman–Crippen MR) is 66.6 cm³/mol. The first-order valence-corrected chi connectivity index (χ1v) is 5.89. The van der Waals surface area contributed by atoms with Crippen LogP contribution in [0.25, 0.3) is 0 Å². The van der Waals surface area contributed by atoms with Gasteiger partial charge in [-0.1, -0.05) is 0 Å². The van der Waals surface area contributed by atoms with E-state index in [9.17, 15) is 0 Å². The van der Waals surface area contributed by atoms with E-state index in [1.807, 2.05) is 5.51 Å². The maximum absolute atomic E-state index is 5.77. The Kier molecular flexibility index (Phi) is 4.52. The molecule has 86 valence electrons. The average Bonchev–Trinajstić information content (AvgIpc) is 2.46. The molecule has 2 rings (SSSR count). The van der Waals surface area contributed by atoms with Gasteiger partial charge in [0, 0.05) is 23.5 Å². The lowest BCUT2D eigenvalue weighted by Gasteiger charge is -2.39. The molecule has 0 radical (unpaired) electrons. The Bertz CT molecular complexity index is 309. The summed E-state index contributed by atoms with van der Waals surface area (Å²) in [6.07, 6.45) is 2.29. The van der Waals surface area contributed by atoms with Gasteiger partial charge in [0.15, 0.2) is 0 Å². The van der Waals surface area contributed by atoms with Crippen molar-refractivity contribution in [3.05, 3.63) is 16.1 Å². The van der Waals surface area contributed by atoms with Gasteiger partial charge < -0.3 is 5.73 Å². The normalized spacial score (nSPS) is 24.8. The monoisotopic (exact) mass is 247 g/mol. The summed E-state index contributed by atoms with van der Waals surface area (Å²) >= 11 is 1.75. The van der Waals surface area contributed by atoms with E-state index >= 15 is 0 Å². The Labute approximate surface area is 101 Å². The molecule has 0 spiro atoms. The van der Waals surface area contributed by atoms with Gasteiger partial charge in [0.2, 0.25) is 0 Å². The third-order valence-corrected chi connectivity index (χ3v) is 3.93. The van der Waals surface area contributed by atoms with Crippen molar-refractivity contribution in [2.24, 2.45) is 5.73 Å². The van der Waals surface area contributed by atoms with Crippen LogP contribution in [0.2, 0.25) is 0 Å². The van der Waals surface area contributed by atoms with Crippen LogP contribution in [0.1, 0.15) is 23.4 Å². The van der Waals surface area contributed by atoms with Gasteiger partial charge >= 0.3 is 0 Å². The van der Waals surface area contributed by atoms with Gasteiger partial charge in [-0.15, -0.1) is 23.7 Å². The smallest absolute Gasteiger partial charge is 0.0798 e. The molecule has 1 aliphatic carbocycles. The van der Waals surface area contributed by atoms with Crippen molar-refractivity contribution in [1.29, 1.82) is 0 Å². The Morgan fingerprint density at radius 1 is 1.60 bits per heavy atom. The second kappa shape index (κ2) is 5.25. The molecule has 0 amide bonds. The van der Waals surface area contributed by atoms with Crippen LogP contribution in [-0.2, 0) is 6.54 Å². The van der Waals surface area contributed by atoms with Crippen LogP contribution in [-0.4, -0.2) is 29.0 Å². The Balaban J connectivity index is 0.00000112. The van der Waals surface area contributed by atoms with Crippen LogP contribution in [0.3, 0.4) is 0 Å². The van der Waals surface area contributed by atoms with E-state index in [4.69, 9.17) is 5.73 Å². The summed E-state index contributed by atoms with van der Waals surface area (Å²) < 4.78 is 0. The summed E-state index contributed by atoms with van der Waals surface area (Å²) in [7, 11) is 2.18. The van der Waals surface area contributed by atoms with E-state index in [2.05, 4.69) is 23.9 Å². The molecule has 3 nitrogen and oxygen atoms in total. The molecular formula is C10H18ClN3S. The van der Waals surface area contributed by atoms with Crippen molar-refractivity contribution in [2.75, 3.05) is 7.05 Å². The molecule has 0 aliphatic heterocycles. The highest BCUT2D eigenvalue weighted by Gasteiger charge is 2.29. The zero-order valence-corrected chi connectivity index (χ0v) is 10.8. The molecule has 1 aliphatic rings. The van der Waals surface area contributed by atoms with Gasteiger partial charge in [0.05, 0.1) is 11.2 Å². The fraction of sp³-hybridized carbons (Fsp3) is 0.700. The standard InChI is InChI=1S/C10H17N3S.ClH/c1-7-10(14-6-12-7)5-13(2)9-3-8(11)4-9;/h6,8-9H,3-5,11H2,1-2H3;1H. The Morgan fingerprint density at radius 3 is 2.73 bits per heavy atom. The topological polar surface area (TPSA) is 42.2 Å². The number of rotatable bonds is 3. The molecule has 2 N–H and O–H groups in total. The highest BCUT2D eigenvalue weighted by molar-refractivity contribution is 7.09. The number of thiazole rings is 1. The first-order chi connectivity index (χ1) is 6.66. The molecule has 1 fully saturated rings. The van der Waals surface area contributed by atoms with Gasteiger partial charge in [-0.25, -0.2) is 4.98 Å². The lowest BCUT2D eigenvalue weighted by Crippen LogP contribution is -2.48. The molecule has 0 atom stereocenters. The van der Waals surface area contributed by atoms with Gasteiger partial charge in [0.1, 0.15) is 0 Å². The summed E-state index contributed by atoms with van der Waals surface area (Å²) in [6, 6.07) is 1.12. The summed E-state index contributed by atoms with van der Waals surface area (Å²) in [5.74, 6) is 0. The molecule has 1 heterocycles. The van der Waals surface area contributed by atoms with Crippen molar-refractivity contribution in [3.8, 4) is 0 Å². The van der Waals surface area contributed by atoms with Crippen molar-refractivity contribution in [2.45, 2.75) is 38.4 Å². The Hall–Kier alpha value is -0.160. The molecule has 1 saturated carbocycles. The minimum atomic E-state index is 0. The van der Waals surface area contributed by atoms with Gasteiger partial charge in [0.25, 0.3) is 0 Å². The summed E-state index contributed by atoms with van der Waals surface area (Å²) in [5, 5.41) is 0. The Morgan fingerprint density at radius 2 is 2.27 bits per heavy atom. The lowest BCUT2D eigenvalue weighted by molar-refractivity contribution is 0.133. The fourth-order valence-corrected chi connectivity index (χ4v) is 2.66. The molecule has 0 unspecified atom stereocenters. The average molecular weight is 248 g/mol. The van der Waals surface area contributed by atoms with Crippen molar-refractivity contribution < 1.29 is 0 Å². The minimum Gasteiger partial charge on any atom is -0.328 e. The molecule has 0 aromatic carbocycles. The van der Waals surface area contributed by atoms with E-state index in [0.717, 1.165) is 19.4 Å². The maximum atomic E-state index is 5.77. The summed E-state index contributed by atoms with van der Waals surface area (Å²) in [6.45, 7) is 3.10. The largest absolute Gasteiger partial charge is 0.328 e. The second-order valence-corrected chi connectivity index (χ2v) is 5.10. The predicted octanol–water partition coefficient (Wildman–Crippen LogP) is 1.79. The SMILES string of the molecule is Cc1ncsc1CN(C)C1CC(N)C1.Cl. The minimum absolute atomic E-state index is 0. The number of hydrogen-bond acceptors (Lipinski definition) is 4. The van der Waals surface area contributed by atoms with Gasteiger partial charge in [-0.2, -0.15) is 0 Å². The van der Waals surface area contributed by atoms with Gasteiger partial charge in [-0.3, -0.25) is 4.90 Å². The molecule has 1 aromatic rings. The number of aryl methyl sites for hydroxylation is 1. The molecule has 15 heavy (non-hydrogen) atoms. The van der Waals surface area contributed by atoms with Gasteiger partial charge in [-0.05, 0) is 26.8 Å². The molecule has 0 saturated heterocycles. The van der Waals surface area contributed by atoms with E-state index < -0.39 is 0 Å². The zero-order valence-electron chi connectivity index (χ0n) is 9.14. The summed E-state index contributed by atoms with van der Waals surface area (Å²) in [4.78, 5) is 8.03. The molecule has 0 bridgehead atoms. The van der Waals surface area contributed by atoms with Crippen LogP contribution in [0.5, 0.6) is 0 Å². The maximum Gasteiger partial charge on any atom is 0.0798 e. The quantitative estimate of drug-likeness (QED) is 0.886. The van der Waals surface area contributed by atoms with Crippen LogP contribution in [0.4, 0.5) is 0 Å². The lowest BCUT2D eigenvalue weighted by atomic mass is 9.86. The third-order valence-electron chi connectivity index (χ3n) is 3.01. The number of nitrogens with zero attached hydrogens (tertiary/aromatic N) is 2. The van der Waals surface area contributed by atoms with E-state index in [0.29, 0.717) is 12.1 Å². The molecular weight excluding hydrogens is 230 g/mol. The highest BCUT2D eigenvalue weighted by atomic mass is 35.5.